The number of carbonyl (C=O) groups excluding carboxylic acids is 5. The number of rotatable bonds is 36. The van der Waals surface area contributed by atoms with Gasteiger partial charge in [0.2, 0.25) is 46.0 Å². The van der Waals surface area contributed by atoms with Crippen LogP contribution in [0, 0.1) is 5.92 Å². The largest absolute Gasteiger partial charge is 0.744 e. The smallest absolute Gasteiger partial charge is 0.251 e. The molecule has 115 heavy (non-hydrogen) atoms. The molecule has 5 N–H and O–H groups in total. The van der Waals surface area contributed by atoms with Crippen LogP contribution in [0.2, 0.25) is 0 Å². The number of carbonyl (C=O) groups is 5. The number of fused-ring (bicyclic) bond motifs is 4. The molecular weight excluding hydrogens is 1490 g/mol. The van der Waals surface area contributed by atoms with Crippen molar-refractivity contribution in [2.45, 2.75) is 172 Å². The van der Waals surface area contributed by atoms with Crippen molar-refractivity contribution in [3.63, 3.8) is 0 Å². The lowest BCUT2D eigenvalue weighted by Crippen LogP contribution is -2.55. The predicted octanol–water partition coefficient (Wildman–Crippen LogP) is 14.0. The van der Waals surface area contributed by atoms with E-state index >= 15 is 0 Å². The quantitative estimate of drug-likeness (QED) is 0.00609. The third-order valence-corrected chi connectivity index (χ3v) is 23.6. The zero-order chi connectivity index (χ0) is 81.3. The number of unbranched alkanes of at least 4 members (excludes halogenated alkanes) is 2. The average Bonchev–Trinajstić information content (AvgIpc) is 1.63. The molecule has 0 bridgehead atoms. The molecule has 2 aliphatic heterocycles. The molecule has 26 heteroatoms. The molecule has 1 aromatic heterocycles. The van der Waals surface area contributed by atoms with Gasteiger partial charge in [-0.2, -0.15) is 14.8 Å². The van der Waals surface area contributed by atoms with Gasteiger partial charge < -0.3 is 50.4 Å². The summed E-state index contributed by atoms with van der Waals surface area (Å²) in [6.07, 6.45) is 17.7. The van der Waals surface area contributed by atoms with E-state index in [-0.39, 0.29) is 73.8 Å². The number of anilines is 3. The Balaban J connectivity index is 0.0000140. The minimum atomic E-state index is -4.76. The number of aromatic nitrogens is 2. The Kier molecular flexibility index (Phi) is 29.4. The highest BCUT2D eigenvalue weighted by molar-refractivity contribution is 7.86. The Morgan fingerprint density at radius 1 is 0.617 bits per heavy atom. The summed E-state index contributed by atoms with van der Waals surface area (Å²) >= 11 is 0. The second-order valence-electron chi connectivity index (χ2n) is 30.4. The van der Waals surface area contributed by atoms with Crippen LogP contribution in [-0.2, 0) is 50.2 Å². The molecule has 24 nitrogen and oxygen atoms in total. The highest BCUT2D eigenvalue weighted by atomic mass is 32.2. The highest BCUT2D eigenvalue weighted by Gasteiger charge is 2.45. The van der Waals surface area contributed by atoms with E-state index < -0.39 is 60.9 Å². The summed E-state index contributed by atoms with van der Waals surface area (Å²) in [4.78, 5) is 80.0. The number of hydrogen-bond donors (Lipinski definition) is 5. The maximum Gasteiger partial charge on any atom is 0.251 e. The van der Waals surface area contributed by atoms with Crippen LogP contribution in [0.25, 0.3) is 27.8 Å². The number of amides is 5. The van der Waals surface area contributed by atoms with E-state index in [9.17, 15) is 49.9 Å². The standard InChI is InChI=1S/C88H105N13O11S2.CH4/c1-9-98(10-2)67-43-47-73-79(58-67)101(66-32-21-14-22-33-66)78-57-64(40-46-72(78)92-73)96-95-63-38-41-65(42-39-63)97(8)54-27-37-83(103)89-51-50-74(93-86(106)75(56-61-28-17-12-18-29-61)94-84(104)62-30-19-13-20-31-62)85(105)91-53-52-90-82(102)36-25-16-26-55-100-77-49-45-69(114(110,111)112)60-71(77)88(6,7)81(100)35-24-15-23-34-80-87(4,5)70-59-68(113(107,108)109)44-48-76(70)99(80)11-3;/h13-15,19-24,30-35,38-49,57-61,74-75H,9-12,16-18,25-29,36-37,50-56H2,1-8H3,(H5-2,89,90,91,93,94,102,103,104,105,106,107,108,109,110,111,112);1H4/t74-,75-;/m0./s1. The van der Waals surface area contributed by atoms with Crippen LogP contribution in [0.15, 0.2) is 214 Å². The second kappa shape index (κ2) is 39.0. The van der Waals surface area contributed by atoms with Crippen molar-refractivity contribution in [1.82, 2.24) is 31.6 Å². The summed E-state index contributed by atoms with van der Waals surface area (Å²) in [5.74, 6) is -1.71. The van der Waals surface area contributed by atoms with E-state index in [1.54, 1.807) is 42.5 Å². The molecule has 0 spiro atoms. The van der Waals surface area contributed by atoms with Crippen molar-refractivity contribution in [1.29, 1.82) is 0 Å². The molecule has 11 rings (SSSR count). The Labute approximate surface area is 676 Å². The van der Waals surface area contributed by atoms with Gasteiger partial charge in [-0.05, 0) is 175 Å². The van der Waals surface area contributed by atoms with Crippen molar-refractivity contribution in [3.8, 4) is 5.69 Å². The van der Waals surface area contributed by atoms with Crippen molar-refractivity contribution in [3.05, 3.63) is 210 Å². The number of nitrogens with one attached hydrogen (secondary N) is 5. The Morgan fingerprint density at radius 3 is 1.90 bits per heavy atom. The summed E-state index contributed by atoms with van der Waals surface area (Å²) < 4.78 is 77.0. The lowest BCUT2D eigenvalue weighted by Gasteiger charge is -2.28. The normalized spacial score (nSPS) is 15.6. The first-order chi connectivity index (χ1) is 54.7. The van der Waals surface area contributed by atoms with Crippen LogP contribution in [0.1, 0.15) is 161 Å². The molecule has 7 aromatic carbocycles. The molecule has 8 aromatic rings. The number of allylic oxidation sites excluding steroid dienone is 6. The molecule has 0 saturated heterocycles. The van der Waals surface area contributed by atoms with Crippen LogP contribution in [-0.4, -0.2) is 142 Å². The molecule has 608 valence electrons. The van der Waals surface area contributed by atoms with E-state index in [1.807, 2.05) is 133 Å². The monoisotopic (exact) mass is 1600 g/mol. The highest BCUT2D eigenvalue weighted by Crippen LogP contribution is 2.49. The fourth-order valence-corrected chi connectivity index (χ4v) is 16.7. The van der Waals surface area contributed by atoms with Gasteiger partial charge in [-0.3, -0.25) is 24.0 Å². The number of azo groups is 1. The molecule has 1 aliphatic carbocycles. The van der Waals surface area contributed by atoms with E-state index in [1.165, 1.54) is 24.3 Å². The Hall–Kier alpha value is -10.8. The van der Waals surface area contributed by atoms with Crippen LogP contribution in [0.3, 0.4) is 0 Å². The number of benzene rings is 7. The SMILES string of the molecule is C.CCN(CC)c1ccc2nc3ccc(N=Nc4ccc(N(C)CCCC(=O)NCC[C@H](NC(=O)[C@H](CC5CCCCC5)NC(=O)c5ccccc5)C(=O)NCCNC(=O)CCCCCN5\C(=C/C=C/C=C/C6=[N+](CC)c7ccc(S(=O)(=O)[O-])cc7C6(C)C)C(C)(C)c6cc(S(=O)(=O)[O-])ccc65)cc4)cc3[n+](-c3ccccc3)c2c1. The molecule has 5 amide bonds. The van der Waals surface area contributed by atoms with Crippen molar-refractivity contribution in [2.75, 3.05) is 74.1 Å². The zero-order valence-electron chi connectivity index (χ0n) is 66.4. The Bertz CT molecular complexity index is 5220. The Morgan fingerprint density at radius 2 is 1.23 bits per heavy atom. The first-order valence-electron chi connectivity index (χ1n) is 39.7. The van der Waals surface area contributed by atoms with Crippen LogP contribution >= 0.6 is 0 Å². The molecule has 1 saturated carbocycles. The van der Waals surface area contributed by atoms with Crippen molar-refractivity contribution < 1.29 is 59.1 Å². The minimum Gasteiger partial charge on any atom is -0.744 e. The molecule has 0 unspecified atom stereocenters. The molecule has 1 fully saturated rings. The summed E-state index contributed by atoms with van der Waals surface area (Å²) in [5.41, 5.74) is 11.8. The maximum atomic E-state index is 14.4. The van der Waals surface area contributed by atoms with Crippen LogP contribution in [0.5, 0.6) is 0 Å². The third kappa shape index (κ3) is 21.6. The van der Waals surface area contributed by atoms with Gasteiger partial charge >= 0.3 is 0 Å². The van der Waals surface area contributed by atoms with Gasteiger partial charge in [-0.15, -0.1) is 4.57 Å². The van der Waals surface area contributed by atoms with Crippen LogP contribution < -0.4 is 45.9 Å². The van der Waals surface area contributed by atoms with E-state index in [0.29, 0.717) is 74.2 Å². The minimum absolute atomic E-state index is 0. The van der Waals surface area contributed by atoms with Gasteiger partial charge in [0.1, 0.15) is 49.9 Å². The zero-order valence-corrected chi connectivity index (χ0v) is 68.0. The van der Waals surface area contributed by atoms with Crippen molar-refractivity contribution in [2.24, 2.45) is 16.1 Å². The van der Waals surface area contributed by atoms with Gasteiger partial charge in [0.25, 0.3) is 5.91 Å². The molecular formula is C89H109N13O11S2. The molecule has 3 aliphatic rings. The summed E-state index contributed by atoms with van der Waals surface area (Å²) in [6, 6.07) is 45.8. The predicted molar refractivity (Wildman–Crippen MR) is 451 cm³/mol. The maximum absolute atomic E-state index is 14.4. The van der Waals surface area contributed by atoms with E-state index in [2.05, 4.69) is 105 Å². The molecule has 3 heterocycles. The van der Waals surface area contributed by atoms with Crippen molar-refractivity contribution >= 4 is 112 Å². The van der Waals surface area contributed by atoms with Gasteiger partial charge in [0.15, 0.2) is 5.71 Å². The first kappa shape index (κ1) is 86.6. The average molecular weight is 1600 g/mol. The lowest BCUT2D eigenvalue weighted by molar-refractivity contribution is -0.538. The second-order valence-corrected chi connectivity index (χ2v) is 33.2. The summed E-state index contributed by atoms with van der Waals surface area (Å²) in [6.45, 7) is 17.8. The lowest BCUT2D eigenvalue weighted by atomic mass is 9.81. The molecule has 2 atom stereocenters. The summed E-state index contributed by atoms with van der Waals surface area (Å²) in [7, 11) is -7.47. The topological polar surface area (TPSA) is 314 Å². The third-order valence-electron chi connectivity index (χ3n) is 22.0. The van der Waals surface area contributed by atoms with Gasteiger partial charge in [-0.1, -0.05) is 114 Å². The fraction of sp³-hybridized carbons (Fsp3) is 0.393. The summed E-state index contributed by atoms with van der Waals surface area (Å²) in [5, 5.41) is 23.9. The van der Waals surface area contributed by atoms with Gasteiger partial charge in [-0.25, -0.2) is 21.8 Å². The molecule has 0 radical (unpaired) electrons. The number of hydrogen-bond acceptors (Lipinski definition) is 17. The van der Waals surface area contributed by atoms with Gasteiger partial charge in [0.05, 0.1) is 26.6 Å². The van der Waals surface area contributed by atoms with E-state index in [4.69, 9.17) is 4.98 Å². The van der Waals surface area contributed by atoms with Crippen LogP contribution in [0.4, 0.5) is 34.1 Å². The number of para-hydroxylation sites is 1. The first-order valence-corrected chi connectivity index (χ1v) is 42.5. The number of nitrogens with zero attached hydrogens (tertiary/aromatic N) is 8. The van der Waals surface area contributed by atoms with Gasteiger partial charge in [0, 0.05) is 141 Å². The fourth-order valence-electron chi connectivity index (χ4n) is 15.7. The van der Waals surface area contributed by atoms with E-state index in [0.717, 1.165) is 113 Å².